The molecule has 2 N–H and O–H groups in total. The number of nitrogens with zero attached hydrogens (tertiary/aromatic N) is 2. The van der Waals surface area contributed by atoms with Crippen molar-refractivity contribution >= 4 is 17.2 Å². The van der Waals surface area contributed by atoms with Crippen LogP contribution in [0.25, 0.3) is 10.7 Å². The number of aromatic hydroxyl groups is 1. The van der Waals surface area contributed by atoms with E-state index >= 15 is 0 Å². The maximum atomic E-state index is 11.9. The Hall–Kier alpha value is -2.67. The number of amides is 1. The highest BCUT2D eigenvalue weighted by Crippen LogP contribution is 2.21. The summed E-state index contributed by atoms with van der Waals surface area (Å²) in [6.07, 6.45) is 0.651. The Kier molecular flexibility index (Phi) is 4.15. The molecule has 1 amide bonds. The van der Waals surface area contributed by atoms with Crippen LogP contribution in [-0.2, 0) is 6.42 Å². The maximum absolute atomic E-state index is 11.9. The minimum Gasteiger partial charge on any atom is -0.508 e. The number of carbonyl (C=O) groups is 1. The zero-order valence-electron chi connectivity index (χ0n) is 11.5. The van der Waals surface area contributed by atoms with Gasteiger partial charge in [-0.2, -0.15) is 4.98 Å². The van der Waals surface area contributed by atoms with Gasteiger partial charge in [-0.05, 0) is 35.6 Å². The fraction of sp³-hybridized carbons (Fsp3) is 0.133. The lowest BCUT2D eigenvalue weighted by Crippen LogP contribution is -2.25. The minimum absolute atomic E-state index is 0.0471. The summed E-state index contributed by atoms with van der Waals surface area (Å²) >= 11 is 1.48. The van der Waals surface area contributed by atoms with Crippen molar-refractivity contribution in [2.45, 2.75) is 6.42 Å². The van der Waals surface area contributed by atoms with E-state index in [-0.39, 0.29) is 11.6 Å². The van der Waals surface area contributed by atoms with Crippen molar-refractivity contribution in [2.24, 2.45) is 0 Å². The van der Waals surface area contributed by atoms with Gasteiger partial charge in [-0.3, -0.25) is 4.79 Å². The Morgan fingerprint density at radius 1 is 1.27 bits per heavy atom. The lowest BCUT2D eigenvalue weighted by atomic mass is 10.1. The van der Waals surface area contributed by atoms with Crippen molar-refractivity contribution in [2.75, 3.05) is 6.54 Å². The topological polar surface area (TPSA) is 88.2 Å². The van der Waals surface area contributed by atoms with E-state index in [0.717, 1.165) is 10.4 Å². The van der Waals surface area contributed by atoms with Gasteiger partial charge < -0.3 is 14.9 Å². The molecule has 0 saturated carbocycles. The van der Waals surface area contributed by atoms with Gasteiger partial charge in [-0.1, -0.05) is 23.4 Å². The van der Waals surface area contributed by atoms with Gasteiger partial charge >= 0.3 is 11.8 Å². The van der Waals surface area contributed by atoms with Crippen molar-refractivity contribution in [3.8, 4) is 16.5 Å². The average molecular weight is 315 g/mol. The van der Waals surface area contributed by atoms with E-state index in [2.05, 4.69) is 15.5 Å². The van der Waals surface area contributed by atoms with E-state index in [0.29, 0.717) is 18.8 Å². The van der Waals surface area contributed by atoms with Gasteiger partial charge in [0.1, 0.15) is 5.75 Å². The van der Waals surface area contributed by atoms with E-state index in [1.165, 1.54) is 11.3 Å². The molecule has 0 aliphatic heterocycles. The number of hydrogen-bond donors (Lipinski definition) is 2. The Labute approximate surface area is 130 Å². The molecule has 0 spiro atoms. The molecule has 22 heavy (non-hydrogen) atoms. The van der Waals surface area contributed by atoms with Gasteiger partial charge in [0.2, 0.25) is 5.82 Å². The van der Waals surface area contributed by atoms with Crippen molar-refractivity contribution in [1.29, 1.82) is 0 Å². The summed E-state index contributed by atoms with van der Waals surface area (Å²) in [6, 6.07) is 10.6. The minimum atomic E-state index is -0.394. The number of nitrogens with one attached hydrogen (secondary N) is 1. The predicted octanol–water partition coefficient (Wildman–Crippen LogP) is 2.48. The first-order chi connectivity index (χ1) is 10.7. The summed E-state index contributed by atoms with van der Waals surface area (Å²) in [7, 11) is 0. The number of thiophene rings is 1. The van der Waals surface area contributed by atoms with Crippen LogP contribution in [0.2, 0.25) is 0 Å². The highest BCUT2D eigenvalue weighted by atomic mass is 32.1. The molecule has 0 aliphatic rings. The Morgan fingerprint density at radius 3 is 2.82 bits per heavy atom. The monoisotopic (exact) mass is 315 g/mol. The molecule has 0 radical (unpaired) electrons. The molecule has 0 fully saturated rings. The third kappa shape index (κ3) is 3.32. The third-order valence-electron chi connectivity index (χ3n) is 3.00. The van der Waals surface area contributed by atoms with Gasteiger partial charge in [0.15, 0.2) is 0 Å². The number of aromatic nitrogens is 2. The summed E-state index contributed by atoms with van der Waals surface area (Å²) in [5.41, 5.74) is 1.02. The summed E-state index contributed by atoms with van der Waals surface area (Å²) < 4.78 is 4.97. The van der Waals surface area contributed by atoms with Crippen molar-refractivity contribution in [3.05, 3.63) is 53.2 Å². The van der Waals surface area contributed by atoms with E-state index in [1.54, 1.807) is 12.1 Å². The summed E-state index contributed by atoms with van der Waals surface area (Å²) in [6.45, 7) is 0.445. The fourth-order valence-corrected chi connectivity index (χ4v) is 2.53. The lowest BCUT2D eigenvalue weighted by Gasteiger charge is -2.02. The van der Waals surface area contributed by atoms with Crippen LogP contribution in [0.1, 0.15) is 16.2 Å². The molecule has 6 nitrogen and oxygen atoms in total. The molecule has 0 atom stereocenters. The number of carbonyl (C=O) groups excluding carboxylic acids is 1. The van der Waals surface area contributed by atoms with Crippen LogP contribution >= 0.6 is 11.3 Å². The molecule has 0 aliphatic carbocycles. The van der Waals surface area contributed by atoms with Gasteiger partial charge in [-0.15, -0.1) is 11.3 Å². The fourth-order valence-electron chi connectivity index (χ4n) is 1.88. The second-order valence-electron chi connectivity index (χ2n) is 4.57. The van der Waals surface area contributed by atoms with Crippen LogP contribution in [0.15, 0.2) is 46.3 Å². The number of phenolic OH excluding ortho intramolecular Hbond substituents is 1. The van der Waals surface area contributed by atoms with Crippen LogP contribution in [0.3, 0.4) is 0 Å². The molecule has 3 aromatic rings. The first-order valence-electron chi connectivity index (χ1n) is 6.66. The molecule has 3 rings (SSSR count). The number of phenols is 1. The van der Waals surface area contributed by atoms with E-state index in [4.69, 9.17) is 4.52 Å². The SMILES string of the molecule is O=C(NCCc1ccc(O)cc1)c1nc(-c2cccs2)no1. The Bertz CT molecular complexity index is 751. The molecule has 0 unspecified atom stereocenters. The Balaban J connectivity index is 1.55. The predicted molar refractivity (Wildman–Crippen MR) is 81.8 cm³/mol. The largest absolute Gasteiger partial charge is 0.508 e. The molecule has 7 heteroatoms. The van der Waals surface area contributed by atoms with Crippen LogP contribution in [0, 0.1) is 0 Å². The van der Waals surface area contributed by atoms with Crippen LogP contribution in [-0.4, -0.2) is 27.7 Å². The number of benzene rings is 1. The summed E-state index contributed by atoms with van der Waals surface area (Å²) in [5, 5.41) is 17.6. The highest BCUT2D eigenvalue weighted by molar-refractivity contribution is 7.13. The average Bonchev–Trinajstić information content (AvgIpc) is 3.20. The molecule has 1 aromatic carbocycles. The molecule has 112 valence electrons. The summed E-state index contributed by atoms with van der Waals surface area (Å²) in [4.78, 5) is 16.9. The van der Waals surface area contributed by atoms with Gasteiger partial charge in [-0.25, -0.2) is 0 Å². The van der Waals surface area contributed by atoms with E-state index < -0.39 is 5.91 Å². The van der Waals surface area contributed by atoms with Crippen molar-refractivity contribution in [1.82, 2.24) is 15.5 Å². The van der Waals surface area contributed by atoms with Gasteiger partial charge in [0.25, 0.3) is 0 Å². The van der Waals surface area contributed by atoms with Crippen LogP contribution in [0.4, 0.5) is 0 Å². The van der Waals surface area contributed by atoms with Crippen molar-refractivity contribution < 1.29 is 14.4 Å². The molecule has 0 saturated heterocycles. The van der Waals surface area contributed by atoms with Crippen molar-refractivity contribution in [3.63, 3.8) is 0 Å². The first kappa shape index (κ1) is 14.3. The molecule has 2 heterocycles. The zero-order valence-corrected chi connectivity index (χ0v) is 12.3. The Morgan fingerprint density at radius 2 is 2.09 bits per heavy atom. The quantitative estimate of drug-likeness (QED) is 0.755. The maximum Gasteiger partial charge on any atom is 0.316 e. The molecule has 2 aromatic heterocycles. The highest BCUT2D eigenvalue weighted by Gasteiger charge is 2.15. The van der Waals surface area contributed by atoms with Crippen LogP contribution in [0.5, 0.6) is 5.75 Å². The number of rotatable bonds is 5. The lowest BCUT2D eigenvalue weighted by molar-refractivity contribution is 0.0910. The second kappa shape index (κ2) is 6.40. The normalized spacial score (nSPS) is 10.5. The van der Waals surface area contributed by atoms with Gasteiger partial charge in [0.05, 0.1) is 4.88 Å². The second-order valence-corrected chi connectivity index (χ2v) is 5.52. The molecular formula is C15H13N3O3S. The molecule has 0 bridgehead atoms. The first-order valence-corrected chi connectivity index (χ1v) is 7.54. The number of hydrogen-bond acceptors (Lipinski definition) is 6. The van der Waals surface area contributed by atoms with E-state index in [9.17, 15) is 9.90 Å². The third-order valence-corrected chi connectivity index (χ3v) is 3.86. The molecular weight excluding hydrogens is 302 g/mol. The zero-order chi connectivity index (χ0) is 15.4. The standard InChI is InChI=1S/C15H13N3O3S/c19-11-5-3-10(4-6-11)7-8-16-14(20)15-17-13(18-21-15)12-2-1-9-22-12/h1-6,9,19H,7-8H2,(H,16,20). The van der Waals surface area contributed by atoms with Gasteiger partial charge in [0, 0.05) is 6.54 Å². The summed E-state index contributed by atoms with van der Waals surface area (Å²) in [5.74, 6) is 0.196. The van der Waals surface area contributed by atoms with E-state index in [1.807, 2.05) is 29.6 Å². The smallest absolute Gasteiger partial charge is 0.316 e. The van der Waals surface area contributed by atoms with Crippen LogP contribution < -0.4 is 5.32 Å².